The molecule has 2 fully saturated rings. The van der Waals surface area contributed by atoms with Crippen molar-refractivity contribution in [1.82, 2.24) is 4.90 Å². The van der Waals surface area contributed by atoms with E-state index >= 15 is 0 Å². The highest BCUT2D eigenvalue weighted by Gasteiger charge is 2.43. The Bertz CT molecular complexity index is 503. The van der Waals surface area contributed by atoms with Crippen molar-refractivity contribution in [2.45, 2.75) is 48.4 Å². The van der Waals surface area contributed by atoms with E-state index in [4.69, 9.17) is 5.11 Å². The summed E-state index contributed by atoms with van der Waals surface area (Å²) < 4.78 is 1.18. The predicted octanol–water partition coefficient (Wildman–Crippen LogP) is 3.08. The van der Waals surface area contributed by atoms with E-state index in [2.05, 4.69) is 4.90 Å². The van der Waals surface area contributed by atoms with Gasteiger partial charge in [0.25, 0.3) is 0 Å². The van der Waals surface area contributed by atoms with Crippen LogP contribution in [0.25, 0.3) is 0 Å². The van der Waals surface area contributed by atoms with E-state index in [0.717, 1.165) is 25.7 Å². The summed E-state index contributed by atoms with van der Waals surface area (Å²) in [4.78, 5) is 25.4. The fraction of sp³-hybridized carbons (Fsp3) is 0.600. The Morgan fingerprint density at radius 3 is 2.62 bits per heavy atom. The average Bonchev–Trinajstić information content (AvgIpc) is 3.02. The molecule has 2 saturated heterocycles. The highest BCUT2D eigenvalue weighted by molar-refractivity contribution is 8.01. The molecular weight excluding hydrogens is 306 g/mol. The predicted molar refractivity (Wildman–Crippen MR) is 83.7 cm³/mol. The van der Waals surface area contributed by atoms with Crippen LogP contribution in [-0.4, -0.2) is 39.7 Å². The van der Waals surface area contributed by atoms with Gasteiger partial charge in [-0.3, -0.25) is 9.59 Å². The van der Waals surface area contributed by atoms with Crippen LogP contribution in [0.1, 0.15) is 32.1 Å². The maximum absolute atomic E-state index is 12.5. The highest BCUT2D eigenvalue weighted by Crippen LogP contribution is 2.40. The van der Waals surface area contributed by atoms with E-state index in [-0.39, 0.29) is 30.3 Å². The van der Waals surface area contributed by atoms with E-state index in [1.54, 1.807) is 23.1 Å². The normalized spacial score (nSPS) is 27.8. The number of aliphatic carboxylic acids is 1. The summed E-state index contributed by atoms with van der Waals surface area (Å²) in [6.45, 7) is 0. The Hall–Kier alpha value is -1.01. The van der Waals surface area contributed by atoms with E-state index in [1.807, 2.05) is 17.5 Å². The largest absolute Gasteiger partial charge is 0.481 e. The Morgan fingerprint density at radius 1 is 1.33 bits per heavy atom. The van der Waals surface area contributed by atoms with Gasteiger partial charge in [-0.05, 0) is 43.0 Å². The fourth-order valence-corrected chi connectivity index (χ4v) is 5.32. The first-order valence-corrected chi connectivity index (χ1v) is 9.19. The Balaban J connectivity index is 1.57. The molecule has 0 spiro atoms. The first-order chi connectivity index (χ1) is 10.1. The lowest BCUT2D eigenvalue weighted by Crippen LogP contribution is -2.47. The molecule has 2 aliphatic heterocycles. The van der Waals surface area contributed by atoms with Crippen molar-refractivity contribution in [2.75, 3.05) is 5.75 Å². The molecular formula is C15H19NO3S2. The van der Waals surface area contributed by atoms with Crippen LogP contribution in [0.5, 0.6) is 0 Å². The van der Waals surface area contributed by atoms with Crippen LogP contribution < -0.4 is 0 Å². The summed E-state index contributed by atoms with van der Waals surface area (Å²) in [5.41, 5.74) is 0. The molecule has 2 bridgehead atoms. The van der Waals surface area contributed by atoms with E-state index < -0.39 is 5.97 Å². The minimum absolute atomic E-state index is 0.217. The molecule has 21 heavy (non-hydrogen) atoms. The molecule has 0 radical (unpaired) electrons. The lowest BCUT2D eigenvalue weighted by Gasteiger charge is -2.38. The molecule has 1 amide bonds. The third-order valence-electron chi connectivity index (χ3n) is 4.41. The minimum atomic E-state index is -0.715. The van der Waals surface area contributed by atoms with Crippen molar-refractivity contribution >= 4 is 35.0 Å². The summed E-state index contributed by atoms with van der Waals surface area (Å²) in [7, 11) is 0. The van der Waals surface area contributed by atoms with Crippen molar-refractivity contribution in [2.24, 2.45) is 5.92 Å². The van der Waals surface area contributed by atoms with Crippen LogP contribution in [0.4, 0.5) is 0 Å². The molecule has 0 saturated carbocycles. The summed E-state index contributed by atoms with van der Waals surface area (Å²) in [6.07, 6.45) is 4.04. The van der Waals surface area contributed by atoms with Gasteiger partial charge >= 0.3 is 5.97 Å². The van der Waals surface area contributed by atoms with Crippen molar-refractivity contribution in [3.05, 3.63) is 17.5 Å². The van der Waals surface area contributed by atoms with E-state index in [1.165, 1.54) is 4.21 Å². The van der Waals surface area contributed by atoms with Crippen molar-refractivity contribution in [1.29, 1.82) is 0 Å². The number of carboxylic acid groups (broad SMARTS) is 1. The zero-order valence-corrected chi connectivity index (χ0v) is 13.4. The third kappa shape index (κ3) is 3.43. The molecule has 1 N–H and O–H groups in total. The zero-order chi connectivity index (χ0) is 14.8. The number of hydrogen-bond donors (Lipinski definition) is 1. The van der Waals surface area contributed by atoms with Crippen LogP contribution in [0, 0.1) is 5.92 Å². The number of fused-ring (bicyclic) bond motifs is 2. The number of hydrogen-bond acceptors (Lipinski definition) is 4. The molecule has 0 aromatic carbocycles. The second kappa shape index (κ2) is 6.40. The summed E-state index contributed by atoms with van der Waals surface area (Å²) >= 11 is 3.27. The molecule has 2 atom stereocenters. The van der Waals surface area contributed by atoms with Gasteiger partial charge in [0.15, 0.2) is 0 Å². The first-order valence-electron chi connectivity index (χ1n) is 7.32. The van der Waals surface area contributed by atoms with Gasteiger partial charge in [0, 0.05) is 18.5 Å². The van der Waals surface area contributed by atoms with Crippen LogP contribution >= 0.6 is 23.1 Å². The molecule has 0 aliphatic carbocycles. The number of thioether (sulfide) groups is 1. The lowest BCUT2D eigenvalue weighted by molar-refractivity contribution is -0.139. The smallest absolute Gasteiger partial charge is 0.303 e. The molecule has 2 aliphatic rings. The van der Waals surface area contributed by atoms with Gasteiger partial charge in [0.05, 0.1) is 9.96 Å². The molecule has 6 heteroatoms. The van der Waals surface area contributed by atoms with Gasteiger partial charge in [0.1, 0.15) is 0 Å². The van der Waals surface area contributed by atoms with E-state index in [0.29, 0.717) is 5.75 Å². The second-order valence-corrected chi connectivity index (χ2v) is 8.07. The third-order valence-corrected chi connectivity index (χ3v) is 6.53. The number of piperidine rings is 1. The van der Waals surface area contributed by atoms with Gasteiger partial charge in [-0.15, -0.1) is 23.1 Å². The van der Waals surface area contributed by atoms with Crippen molar-refractivity contribution in [3.63, 3.8) is 0 Å². The Morgan fingerprint density at radius 2 is 2.05 bits per heavy atom. The first kappa shape index (κ1) is 14.9. The van der Waals surface area contributed by atoms with Crippen LogP contribution in [0.2, 0.25) is 0 Å². The topological polar surface area (TPSA) is 57.6 Å². The lowest BCUT2D eigenvalue weighted by atomic mass is 9.88. The SMILES string of the molecule is O=C(O)CC1CC2CCC(C1)N2C(=O)CSc1cccs1. The van der Waals surface area contributed by atoms with Crippen molar-refractivity contribution < 1.29 is 14.7 Å². The molecule has 4 nitrogen and oxygen atoms in total. The van der Waals surface area contributed by atoms with E-state index in [9.17, 15) is 9.59 Å². The fourth-order valence-electron chi connectivity index (χ4n) is 3.66. The second-order valence-electron chi connectivity index (χ2n) is 5.84. The monoisotopic (exact) mass is 325 g/mol. The molecule has 3 rings (SSSR count). The molecule has 3 heterocycles. The number of rotatable bonds is 5. The quantitative estimate of drug-likeness (QED) is 0.845. The van der Waals surface area contributed by atoms with Gasteiger partial charge in [-0.1, -0.05) is 6.07 Å². The minimum Gasteiger partial charge on any atom is -0.481 e. The van der Waals surface area contributed by atoms with Gasteiger partial charge in [-0.2, -0.15) is 0 Å². The van der Waals surface area contributed by atoms with Crippen molar-refractivity contribution in [3.8, 4) is 0 Å². The number of thiophene rings is 1. The average molecular weight is 325 g/mol. The summed E-state index contributed by atoms with van der Waals surface area (Å²) in [6, 6.07) is 4.57. The maximum Gasteiger partial charge on any atom is 0.303 e. The number of carboxylic acids is 1. The maximum atomic E-state index is 12.5. The zero-order valence-electron chi connectivity index (χ0n) is 11.7. The highest BCUT2D eigenvalue weighted by atomic mass is 32.2. The number of nitrogens with zero attached hydrogens (tertiary/aromatic N) is 1. The summed E-state index contributed by atoms with van der Waals surface area (Å²) in [5.74, 6) is 0.244. The number of amides is 1. The van der Waals surface area contributed by atoms with Gasteiger partial charge in [0.2, 0.25) is 5.91 Å². The molecule has 1 aromatic rings. The standard InChI is InChI=1S/C15H19NO3S2/c17-13(9-21-15-2-1-5-20-15)16-11-3-4-12(16)7-10(6-11)8-14(18)19/h1-2,5,10-12H,3-4,6-9H2,(H,18,19). The Labute approximate surface area is 132 Å². The van der Waals surface area contributed by atoms with Gasteiger partial charge in [-0.25, -0.2) is 0 Å². The van der Waals surface area contributed by atoms with Crippen LogP contribution in [0.15, 0.2) is 21.7 Å². The number of carbonyl (C=O) groups is 2. The molecule has 114 valence electrons. The summed E-state index contributed by atoms with van der Waals surface area (Å²) in [5, 5.41) is 11.0. The molecule has 1 aromatic heterocycles. The number of carbonyl (C=O) groups excluding carboxylic acids is 1. The Kier molecular flexibility index (Phi) is 4.54. The van der Waals surface area contributed by atoms with Gasteiger partial charge < -0.3 is 10.0 Å². The van der Waals surface area contributed by atoms with Crippen LogP contribution in [0.3, 0.4) is 0 Å². The van der Waals surface area contributed by atoms with Crippen LogP contribution in [-0.2, 0) is 9.59 Å². The molecule has 2 unspecified atom stereocenters.